The molecule has 13 rings (SSSR count). The van der Waals surface area contributed by atoms with Crippen molar-refractivity contribution in [2.75, 3.05) is 0 Å². The summed E-state index contributed by atoms with van der Waals surface area (Å²) < 4.78 is 13.9. The number of ether oxygens (including phenoxy) is 2. The lowest BCUT2D eigenvalue weighted by Crippen LogP contribution is -1.95. The fourth-order valence-electron chi connectivity index (χ4n) is 10.9. The maximum Gasteiger partial charge on any atom is 0.135 e. The number of benzene rings is 13. The van der Waals surface area contributed by atoms with E-state index in [9.17, 15) is 10.2 Å². The molecule has 0 heterocycles. The van der Waals surface area contributed by atoms with Crippen molar-refractivity contribution >= 4 is 66.4 Å². The van der Waals surface area contributed by atoms with E-state index in [0.29, 0.717) is 11.5 Å². The Balaban J connectivity index is 1.00. The molecule has 0 aliphatic heterocycles. The zero-order valence-corrected chi connectivity index (χ0v) is 42.4. The van der Waals surface area contributed by atoms with Gasteiger partial charge in [0, 0.05) is 11.1 Å². The summed E-state index contributed by atoms with van der Waals surface area (Å²) in [5, 5.41) is 29.7. The van der Waals surface area contributed by atoms with Crippen LogP contribution in [-0.2, 0) is 0 Å². The number of fused-ring (bicyclic) bond motifs is 4. The van der Waals surface area contributed by atoms with Crippen molar-refractivity contribution in [2.45, 2.75) is 0 Å². The fraction of sp³-hybridized carbons (Fsp3) is 0. The Labute approximate surface area is 453 Å². The number of hydrogen-bond acceptors (Lipinski definition) is 4. The molecule has 370 valence electrons. The highest BCUT2D eigenvalue weighted by atomic mass is 16.5. The molecule has 0 saturated carbocycles. The van der Waals surface area contributed by atoms with Gasteiger partial charge < -0.3 is 19.7 Å². The van der Waals surface area contributed by atoms with Gasteiger partial charge in [0.1, 0.15) is 34.5 Å². The molecule has 0 aliphatic rings. The van der Waals surface area contributed by atoms with Crippen LogP contribution in [0.5, 0.6) is 34.5 Å². The van der Waals surface area contributed by atoms with Crippen LogP contribution in [0.25, 0.3) is 88.6 Å². The molecule has 0 amide bonds. The van der Waals surface area contributed by atoms with Gasteiger partial charge in [-0.1, -0.05) is 218 Å². The quantitative estimate of drug-likeness (QED) is 0.0946. The molecule has 2 N–H and O–H groups in total. The third-order valence-electron chi connectivity index (χ3n) is 14.6. The SMILES string of the molecule is Oc1ccc(C(=Cc2ccc(-c3c4ccccc4c(-c4ccc(C=C(c5ccc(O)cc5)c5cccc6ccccc56)c(Oc5ccccc5)c4)c4ccccc34)cc2Oc2ccccc2)c2cccc3ccccc23)cc1. The second-order valence-corrected chi connectivity index (χ2v) is 19.4. The van der Waals surface area contributed by atoms with Crippen molar-refractivity contribution in [1.29, 1.82) is 0 Å². The minimum atomic E-state index is 0.211. The first-order chi connectivity index (χ1) is 38.5. The van der Waals surface area contributed by atoms with Crippen LogP contribution in [0.1, 0.15) is 33.4 Å². The zero-order valence-electron chi connectivity index (χ0n) is 42.4. The van der Waals surface area contributed by atoms with Crippen LogP contribution in [0.4, 0.5) is 0 Å². The van der Waals surface area contributed by atoms with Crippen molar-refractivity contribution in [3.8, 4) is 56.8 Å². The summed E-state index contributed by atoms with van der Waals surface area (Å²) in [6, 6.07) is 94.9. The number of hydrogen-bond donors (Lipinski definition) is 2. The molecule has 0 saturated heterocycles. The van der Waals surface area contributed by atoms with E-state index in [-0.39, 0.29) is 11.5 Å². The third-order valence-corrected chi connectivity index (χ3v) is 14.6. The third kappa shape index (κ3) is 9.29. The second kappa shape index (κ2) is 20.7. The van der Waals surface area contributed by atoms with Gasteiger partial charge in [0.2, 0.25) is 0 Å². The van der Waals surface area contributed by atoms with Gasteiger partial charge in [0.15, 0.2) is 0 Å². The molecular formula is C74H50O4. The minimum absolute atomic E-state index is 0.211. The lowest BCUT2D eigenvalue weighted by Gasteiger charge is -2.20. The summed E-state index contributed by atoms with van der Waals surface area (Å²) in [4.78, 5) is 0. The predicted molar refractivity (Wildman–Crippen MR) is 323 cm³/mol. The summed E-state index contributed by atoms with van der Waals surface area (Å²) in [5.74, 6) is 3.28. The zero-order chi connectivity index (χ0) is 52.4. The van der Waals surface area contributed by atoms with E-state index in [1.807, 2.05) is 84.9 Å². The van der Waals surface area contributed by atoms with Crippen molar-refractivity contribution in [2.24, 2.45) is 0 Å². The van der Waals surface area contributed by atoms with Gasteiger partial charge >= 0.3 is 0 Å². The highest BCUT2D eigenvalue weighted by Gasteiger charge is 2.21. The van der Waals surface area contributed by atoms with Crippen molar-refractivity contribution in [1.82, 2.24) is 0 Å². The molecule has 0 atom stereocenters. The van der Waals surface area contributed by atoms with Crippen LogP contribution < -0.4 is 9.47 Å². The monoisotopic (exact) mass is 1000 g/mol. The average molecular weight is 1000 g/mol. The largest absolute Gasteiger partial charge is 0.508 e. The van der Waals surface area contributed by atoms with Gasteiger partial charge in [-0.05, 0) is 172 Å². The molecule has 78 heavy (non-hydrogen) atoms. The van der Waals surface area contributed by atoms with Crippen molar-refractivity contribution < 1.29 is 19.7 Å². The maximum absolute atomic E-state index is 10.4. The standard InChI is InChI=1S/C74H50O4/c75-57-41-37-51(38-42-57)69(63-31-15-19-49-17-7-9-25-61(49)63)45-53-33-35-55(47-71(53)77-59-21-3-1-4-22-59)73-65-27-11-13-29-67(65)74(68-30-14-12-28-66(68)73)56-36-34-54(72(48-56)78-60-23-5-2-6-24-60)46-70(52-39-43-58(76)44-40-52)64-32-16-20-50-18-8-10-26-62(50)64/h1-48,75-76H. The first-order valence-corrected chi connectivity index (χ1v) is 26.2. The van der Waals surface area contributed by atoms with Crippen LogP contribution in [0.3, 0.4) is 0 Å². The topological polar surface area (TPSA) is 58.9 Å². The molecule has 4 heteroatoms. The Morgan fingerprint density at radius 2 is 0.628 bits per heavy atom. The van der Waals surface area contributed by atoms with E-state index in [1.165, 1.54) is 0 Å². The Kier molecular flexibility index (Phi) is 12.6. The van der Waals surface area contributed by atoms with Crippen LogP contribution in [0.15, 0.2) is 279 Å². The smallest absolute Gasteiger partial charge is 0.135 e. The molecule has 0 unspecified atom stereocenters. The first kappa shape index (κ1) is 47.3. The lowest BCUT2D eigenvalue weighted by atomic mass is 9.85. The highest BCUT2D eigenvalue weighted by Crippen LogP contribution is 2.47. The van der Waals surface area contributed by atoms with Gasteiger partial charge in [-0.3, -0.25) is 0 Å². The molecule has 0 aromatic heterocycles. The fourth-order valence-corrected chi connectivity index (χ4v) is 10.9. The molecule has 0 fully saturated rings. The van der Waals surface area contributed by atoms with Crippen LogP contribution in [-0.4, -0.2) is 10.2 Å². The second-order valence-electron chi connectivity index (χ2n) is 19.4. The predicted octanol–water partition coefficient (Wildman–Crippen LogP) is 19.8. The summed E-state index contributed by atoms with van der Waals surface area (Å²) >= 11 is 0. The maximum atomic E-state index is 10.4. The molecule has 13 aromatic carbocycles. The van der Waals surface area contributed by atoms with E-state index in [1.54, 1.807) is 24.3 Å². The molecule has 0 spiro atoms. The van der Waals surface area contributed by atoms with E-state index in [0.717, 1.165) is 121 Å². The first-order valence-electron chi connectivity index (χ1n) is 26.2. The van der Waals surface area contributed by atoms with E-state index in [2.05, 4.69) is 182 Å². The number of aromatic hydroxyl groups is 2. The van der Waals surface area contributed by atoms with Gasteiger partial charge in [0.25, 0.3) is 0 Å². The Bertz CT molecular complexity index is 4070. The summed E-state index contributed by atoms with van der Waals surface area (Å²) in [7, 11) is 0. The van der Waals surface area contributed by atoms with Crippen LogP contribution in [0, 0.1) is 0 Å². The summed E-state index contributed by atoms with van der Waals surface area (Å²) in [6.45, 7) is 0. The van der Waals surface area contributed by atoms with E-state index < -0.39 is 0 Å². The molecule has 0 bridgehead atoms. The lowest BCUT2D eigenvalue weighted by molar-refractivity contribution is 0.474. The molecule has 4 nitrogen and oxygen atoms in total. The normalized spacial score (nSPS) is 11.8. The number of phenols is 2. The summed E-state index contributed by atoms with van der Waals surface area (Å²) in [6.07, 6.45) is 4.42. The molecule has 13 aromatic rings. The van der Waals surface area contributed by atoms with E-state index >= 15 is 0 Å². The van der Waals surface area contributed by atoms with Crippen molar-refractivity contribution in [3.63, 3.8) is 0 Å². The number of rotatable bonds is 12. The Morgan fingerprint density at radius 1 is 0.295 bits per heavy atom. The van der Waals surface area contributed by atoms with Gasteiger partial charge in [-0.15, -0.1) is 0 Å². The Hall–Kier alpha value is -10.4. The average Bonchev–Trinajstić information content (AvgIpc) is 3.66. The summed E-state index contributed by atoms with van der Waals surface area (Å²) in [5.41, 5.74) is 12.1. The number of para-hydroxylation sites is 2. The molecule has 0 aliphatic carbocycles. The van der Waals surface area contributed by atoms with Gasteiger partial charge in [-0.2, -0.15) is 0 Å². The van der Waals surface area contributed by atoms with Crippen LogP contribution >= 0.6 is 0 Å². The van der Waals surface area contributed by atoms with E-state index in [4.69, 9.17) is 9.47 Å². The molecule has 0 radical (unpaired) electrons. The highest BCUT2D eigenvalue weighted by molar-refractivity contribution is 6.21. The molecular weight excluding hydrogens is 953 g/mol. The minimum Gasteiger partial charge on any atom is -0.508 e. The van der Waals surface area contributed by atoms with Crippen molar-refractivity contribution in [3.05, 3.63) is 312 Å². The van der Waals surface area contributed by atoms with Gasteiger partial charge in [-0.25, -0.2) is 0 Å². The van der Waals surface area contributed by atoms with Crippen LogP contribution in [0.2, 0.25) is 0 Å². The Morgan fingerprint density at radius 3 is 1.01 bits per heavy atom. The van der Waals surface area contributed by atoms with Gasteiger partial charge in [0.05, 0.1) is 0 Å². The number of phenolic OH excluding ortho intramolecular Hbond substituents is 2.